The molecule has 2 aromatic rings. The van der Waals surface area contributed by atoms with Gasteiger partial charge in [0, 0.05) is 18.8 Å². The maximum Gasteiger partial charge on any atom is 0.427 e. The Kier molecular flexibility index (Phi) is 6.01. The van der Waals surface area contributed by atoms with Crippen molar-refractivity contribution in [3.63, 3.8) is 0 Å². The van der Waals surface area contributed by atoms with Gasteiger partial charge in [0.1, 0.15) is 15.6 Å². The molecule has 1 aliphatic heterocycles. The fourth-order valence-corrected chi connectivity index (χ4v) is 3.48. The highest BCUT2D eigenvalue weighted by molar-refractivity contribution is 7.15. The summed E-state index contributed by atoms with van der Waals surface area (Å²) < 4.78 is 54.4. The van der Waals surface area contributed by atoms with Gasteiger partial charge in [0.25, 0.3) is 0 Å². The smallest absolute Gasteiger partial charge is 0.427 e. The minimum absolute atomic E-state index is 0.156. The minimum atomic E-state index is -4.46. The van der Waals surface area contributed by atoms with E-state index < -0.39 is 17.0 Å². The Morgan fingerprint density at radius 1 is 1.30 bits per heavy atom. The molecule has 0 bridgehead atoms. The first kappa shape index (κ1) is 19.6. The Morgan fingerprint density at radius 2 is 2.04 bits per heavy atom. The second-order valence-electron chi connectivity index (χ2n) is 6.13. The number of aromatic nitrogens is 1. The molecule has 27 heavy (non-hydrogen) atoms. The third kappa shape index (κ3) is 4.98. The van der Waals surface area contributed by atoms with Crippen molar-refractivity contribution in [3.05, 3.63) is 34.8 Å². The average molecular weight is 401 g/mol. The van der Waals surface area contributed by atoms with Gasteiger partial charge in [-0.1, -0.05) is 0 Å². The Balaban J connectivity index is 1.86. The summed E-state index contributed by atoms with van der Waals surface area (Å²) in [7, 11) is 1.24. The first-order valence-electron chi connectivity index (χ1n) is 8.34. The van der Waals surface area contributed by atoms with Crippen LogP contribution in [0.2, 0.25) is 0 Å². The van der Waals surface area contributed by atoms with Crippen molar-refractivity contribution in [1.82, 2.24) is 4.98 Å². The van der Waals surface area contributed by atoms with Crippen LogP contribution in [0.1, 0.15) is 28.1 Å². The maximum absolute atomic E-state index is 12.8. The molecule has 0 atom stereocenters. The summed E-state index contributed by atoms with van der Waals surface area (Å²) in [5.41, 5.74) is 0.570. The maximum atomic E-state index is 12.8. The number of carbonyl (C=O) groups is 1. The number of halogens is 3. The van der Waals surface area contributed by atoms with Crippen LogP contribution in [0.5, 0.6) is 5.75 Å². The standard InChI is InChI=1S/C18H18F3NO4S/c1-24-17(23)13-6-12(16-22-9-15(27-16)18(19,20)21)7-14(8-13)26-10-11-2-4-25-5-3-11/h6-9,11H,2-5,10H2,1H3. The molecule has 1 fully saturated rings. The van der Waals surface area contributed by atoms with E-state index in [0.29, 0.717) is 48.4 Å². The predicted molar refractivity (Wildman–Crippen MR) is 92.9 cm³/mol. The SMILES string of the molecule is COC(=O)c1cc(OCC2CCOCC2)cc(-c2ncc(C(F)(F)F)s2)c1. The van der Waals surface area contributed by atoms with Crippen molar-refractivity contribution < 1.29 is 32.2 Å². The van der Waals surface area contributed by atoms with Crippen LogP contribution in [0.3, 0.4) is 0 Å². The van der Waals surface area contributed by atoms with Crippen LogP contribution in [0.4, 0.5) is 13.2 Å². The molecule has 0 radical (unpaired) electrons. The van der Waals surface area contributed by atoms with Gasteiger partial charge < -0.3 is 14.2 Å². The number of hydrogen-bond acceptors (Lipinski definition) is 6. The molecule has 0 saturated carbocycles. The molecule has 3 rings (SSSR count). The van der Waals surface area contributed by atoms with Crippen LogP contribution in [0.25, 0.3) is 10.6 Å². The van der Waals surface area contributed by atoms with Gasteiger partial charge in [-0.2, -0.15) is 13.2 Å². The van der Waals surface area contributed by atoms with E-state index in [1.165, 1.54) is 19.2 Å². The first-order chi connectivity index (χ1) is 12.9. The Hall–Kier alpha value is -2.13. The second kappa shape index (κ2) is 8.26. The van der Waals surface area contributed by atoms with E-state index in [1.54, 1.807) is 6.07 Å². The molecule has 1 aromatic carbocycles. The molecule has 9 heteroatoms. The van der Waals surface area contributed by atoms with Crippen molar-refractivity contribution in [3.8, 4) is 16.3 Å². The van der Waals surface area contributed by atoms with Crippen LogP contribution in [-0.4, -0.2) is 37.9 Å². The van der Waals surface area contributed by atoms with Crippen molar-refractivity contribution in [2.75, 3.05) is 26.9 Å². The number of esters is 1. The van der Waals surface area contributed by atoms with Crippen LogP contribution in [-0.2, 0) is 15.7 Å². The Morgan fingerprint density at radius 3 is 2.67 bits per heavy atom. The summed E-state index contributed by atoms with van der Waals surface area (Å²) in [5, 5.41) is 0.156. The number of hydrogen-bond donors (Lipinski definition) is 0. The van der Waals surface area contributed by atoms with Crippen molar-refractivity contribution >= 4 is 17.3 Å². The monoisotopic (exact) mass is 401 g/mol. The van der Waals surface area contributed by atoms with Gasteiger partial charge in [0.05, 0.1) is 25.5 Å². The normalized spacial score (nSPS) is 15.6. The van der Waals surface area contributed by atoms with Crippen molar-refractivity contribution in [2.24, 2.45) is 5.92 Å². The number of alkyl halides is 3. The lowest BCUT2D eigenvalue weighted by Crippen LogP contribution is -2.21. The fraction of sp³-hybridized carbons (Fsp3) is 0.444. The number of methoxy groups -OCH3 is 1. The van der Waals surface area contributed by atoms with E-state index in [1.807, 2.05) is 0 Å². The van der Waals surface area contributed by atoms with Crippen LogP contribution >= 0.6 is 11.3 Å². The third-order valence-electron chi connectivity index (χ3n) is 4.19. The molecule has 1 aliphatic rings. The zero-order valence-corrected chi connectivity index (χ0v) is 15.4. The van der Waals surface area contributed by atoms with E-state index in [2.05, 4.69) is 4.98 Å². The van der Waals surface area contributed by atoms with Crippen molar-refractivity contribution in [1.29, 1.82) is 0 Å². The number of thiazole rings is 1. The molecular weight excluding hydrogens is 383 g/mol. The number of nitrogens with zero attached hydrogens (tertiary/aromatic N) is 1. The first-order valence-corrected chi connectivity index (χ1v) is 9.16. The third-order valence-corrected chi connectivity index (χ3v) is 5.28. The zero-order chi connectivity index (χ0) is 19.4. The molecule has 0 aliphatic carbocycles. The van der Waals surface area contributed by atoms with E-state index >= 15 is 0 Å². The molecular formula is C18H18F3NO4S. The summed E-state index contributed by atoms with van der Waals surface area (Å²) in [6.07, 6.45) is -1.92. The number of benzene rings is 1. The van der Waals surface area contributed by atoms with Crippen molar-refractivity contribution in [2.45, 2.75) is 19.0 Å². The minimum Gasteiger partial charge on any atom is -0.493 e. The van der Waals surface area contributed by atoms with E-state index in [-0.39, 0.29) is 10.6 Å². The fourth-order valence-electron chi connectivity index (χ4n) is 2.71. The van der Waals surface area contributed by atoms with Crippen LogP contribution in [0, 0.1) is 5.92 Å². The van der Waals surface area contributed by atoms with Crippen LogP contribution < -0.4 is 4.74 Å². The lowest BCUT2D eigenvalue weighted by atomic mass is 10.0. The quantitative estimate of drug-likeness (QED) is 0.694. The molecule has 0 amide bonds. The van der Waals surface area contributed by atoms with E-state index in [9.17, 15) is 18.0 Å². The summed E-state index contributed by atoms with van der Waals surface area (Å²) in [6, 6.07) is 4.56. The lowest BCUT2D eigenvalue weighted by molar-refractivity contribution is -0.134. The average Bonchev–Trinajstić information content (AvgIpc) is 3.17. The Labute approximate surface area is 158 Å². The Bertz CT molecular complexity index is 800. The molecule has 1 aromatic heterocycles. The largest absolute Gasteiger partial charge is 0.493 e. The topological polar surface area (TPSA) is 57.7 Å². The van der Waals surface area contributed by atoms with Gasteiger partial charge >= 0.3 is 12.1 Å². The van der Waals surface area contributed by atoms with E-state index in [4.69, 9.17) is 14.2 Å². The lowest BCUT2D eigenvalue weighted by Gasteiger charge is -2.22. The van der Waals surface area contributed by atoms with Crippen LogP contribution in [0.15, 0.2) is 24.4 Å². The summed E-state index contributed by atoms with van der Waals surface area (Å²) in [4.78, 5) is 15.0. The number of rotatable bonds is 5. The number of carbonyl (C=O) groups excluding carboxylic acids is 1. The summed E-state index contributed by atoms with van der Waals surface area (Å²) >= 11 is 0.515. The zero-order valence-electron chi connectivity index (χ0n) is 14.5. The van der Waals surface area contributed by atoms with Gasteiger partial charge in [0.15, 0.2) is 0 Å². The summed E-state index contributed by atoms with van der Waals surface area (Å²) in [6.45, 7) is 1.81. The highest BCUT2D eigenvalue weighted by Gasteiger charge is 2.33. The molecule has 2 heterocycles. The molecule has 146 valence electrons. The highest BCUT2D eigenvalue weighted by atomic mass is 32.1. The predicted octanol–water partition coefficient (Wildman–Crippen LogP) is 4.42. The molecule has 1 saturated heterocycles. The molecule has 5 nitrogen and oxygen atoms in total. The van der Waals surface area contributed by atoms with E-state index in [0.717, 1.165) is 19.0 Å². The molecule has 0 N–H and O–H groups in total. The van der Waals surface area contributed by atoms with Gasteiger partial charge in [-0.3, -0.25) is 0 Å². The highest BCUT2D eigenvalue weighted by Crippen LogP contribution is 2.37. The van der Waals surface area contributed by atoms with Gasteiger partial charge in [-0.15, -0.1) is 11.3 Å². The van der Waals surface area contributed by atoms with Gasteiger partial charge in [-0.25, -0.2) is 9.78 Å². The molecule has 0 spiro atoms. The number of ether oxygens (including phenoxy) is 3. The molecule has 0 unspecified atom stereocenters. The van der Waals surface area contributed by atoms with Gasteiger partial charge in [-0.05, 0) is 37.0 Å². The van der Waals surface area contributed by atoms with Gasteiger partial charge in [0.2, 0.25) is 0 Å². The summed E-state index contributed by atoms with van der Waals surface area (Å²) in [5.74, 6) is 0.129. The second-order valence-corrected chi connectivity index (χ2v) is 7.16.